The number of nitrogens with one attached hydrogen (secondary N) is 3. The van der Waals surface area contributed by atoms with Crippen molar-refractivity contribution in [1.82, 2.24) is 25.8 Å². The number of carboxylic acid groups (broad SMARTS) is 1. The molecule has 0 aliphatic carbocycles. The zero-order valence-corrected chi connectivity index (χ0v) is 29.4. The van der Waals surface area contributed by atoms with Crippen LogP contribution in [0.15, 0.2) is 12.1 Å². The summed E-state index contributed by atoms with van der Waals surface area (Å²) in [5, 5.41) is 60.8. The van der Waals surface area contributed by atoms with Gasteiger partial charge in [0, 0.05) is 58.1 Å². The number of aliphatic carboxylic acids is 1. The maximum atomic E-state index is 13.1. The third kappa shape index (κ3) is 9.06. The lowest BCUT2D eigenvalue weighted by Crippen LogP contribution is -2.68. The van der Waals surface area contributed by atoms with Crippen LogP contribution in [0.2, 0.25) is 0 Å². The predicted octanol–water partition coefficient (Wildman–Crippen LogP) is -0.234. The number of phenolic OH excluding ortho intramolecular Hbond substituents is 1. The normalized spacial score (nSPS) is 28.6. The summed E-state index contributed by atoms with van der Waals surface area (Å²) < 4.78 is 51.0. The van der Waals surface area contributed by atoms with E-state index in [9.17, 15) is 57.9 Å². The Bertz CT molecular complexity index is 1480. The number of benzene rings is 1. The monoisotopic (exact) mass is 747 g/mol. The molecule has 0 radical (unpaired) electrons. The molecule has 1 spiro atoms. The number of hydrogen-bond donors (Lipinski definition) is 8. The Labute approximate surface area is 298 Å². The van der Waals surface area contributed by atoms with E-state index in [1.54, 1.807) is 13.8 Å². The molecule has 19 heteroatoms. The van der Waals surface area contributed by atoms with Crippen molar-refractivity contribution in [2.45, 2.75) is 101 Å². The highest BCUT2D eigenvalue weighted by Gasteiger charge is 2.55. The summed E-state index contributed by atoms with van der Waals surface area (Å²) in [6.07, 6.45) is -12.1. The third-order valence-electron chi connectivity index (χ3n) is 10.2. The van der Waals surface area contributed by atoms with Crippen molar-refractivity contribution in [2.24, 2.45) is 0 Å². The van der Waals surface area contributed by atoms with Gasteiger partial charge in [-0.15, -0.1) is 0 Å². The first-order valence-corrected chi connectivity index (χ1v) is 17.0. The molecule has 0 saturated carbocycles. The van der Waals surface area contributed by atoms with Gasteiger partial charge in [0.2, 0.25) is 5.91 Å². The second-order valence-corrected chi connectivity index (χ2v) is 14.0. The number of carboxylic acids is 1. The van der Waals surface area contributed by atoms with Crippen LogP contribution in [0.5, 0.6) is 5.75 Å². The molecule has 3 saturated heterocycles. The van der Waals surface area contributed by atoms with Gasteiger partial charge in [-0.1, -0.05) is 0 Å². The van der Waals surface area contributed by atoms with Gasteiger partial charge in [-0.3, -0.25) is 14.5 Å². The Morgan fingerprint density at radius 3 is 2.37 bits per heavy atom. The summed E-state index contributed by atoms with van der Waals surface area (Å²) in [6.45, 7) is 5.40. The number of aryl methyl sites for hydroxylation is 2. The SMILES string of the molecule is CC(=O)N[C@H]1[C@H]([C@H](O)[C@H](O)CNC(=O)c2cc(C)c(O)c(C)c2)O[C@@](CCN2CCOC[C@@]23CCN(C(=O)NC(C)C(F)(F)F)C3)(C(=O)O)C[C@@H]1O. The van der Waals surface area contributed by atoms with E-state index >= 15 is 0 Å². The van der Waals surface area contributed by atoms with Crippen LogP contribution in [0.3, 0.4) is 0 Å². The van der Waals surface area contributed by atoms with Gasteiger partial charge in [0.25, 0.3) is 5.91 Å². The number of aliphatic hydroxyl groups is 3. The molecular weight excluding hydrogens is 699 g/mol. The highest BCUT2D eigenvalue weighted by molar-refractivity contribution is 5.95. The van der Waals surface area contributed by atoms with Crippen LogP contribution < -0.4 is 16.0 Å². The molecule has 3 aliphatic heterocycles. The number of amides is 4. The fraction of sp³-hybridized carbons (Fsp3) is 0.697. The summed E-state index contributed by atoms with van der Waals surface area (Å²) in [5.74, 6) is -2.76. The van der Waals surface area contributed by atoms with Gasteiger partial charge in [-0.05, 0) is 50.5 Å². The number of aliphatic hydroxyl groups excluding tert-OH is 3. The van der Waals surface area contributed by atoms with E-state index in [1.807, 2.05) is 10.2 Å². The van der Waals surface area contributed by atoms with Crippen LogP contribution in [0.4, 0.5) is 18.0 Å². The van der Waals surface area contributed by atoms with Crippen LogP contribution in [-0.4, -0.2) is 159 Å². The molecule has 8 atom stereocenters. The smallest absolute Gasteiger partial charge is 0.408 e. The number of urea groups is 1. The number of rotatable bonds is 11. The van der Waals surface area contributed by atoms with Gasteiger partial charge in [-0.2, -0.15) is 13.2 Å². The van der Waals surface area contributed by atoms with Crippen molar-refractivity contribution in [1.29, 1.82) is 0 Å². The van der Waals surface area contributed by atoms with Gasteiger partial charge < -0.3 is 55.9 Å². The topological polar surface area (TPSA) is 230 Å². The van der Waals surface area contributed by atoms with E-state index in [4.69, 9.17) is 9.47 Å². The highest BCUT2D eigenvalue weighted by Crippen LogP contribution is 2.38. The molecule has 292 valence electrons. The van der Waals surface area contributed by atoms with Crippen molar-refractivity contribution in [3.8, 4) is 5.75 Å². The fourth-order valence-corrected chi connectivity index (χ4v) is 7.09. The number of likely N-dealkylation sites (tertiary alicyclic amines) is 1. The number of halogens is 3. The number of hydrogen-bond acceptors (Lipinski definition) is 11. The van der Waals surface area contributed by atoms with E-state index in [1.165, 1.54) is 17.0 Å². The van der Waals surface area contributed by atoms with Crippen molar-refractivity contribution in [3.63, 3.8) is 0 Å². The van der Waals surface area contributed by atoms with Gasteiger partial charge >= 0.3 is 18.2 Å². The zero-order chi connectivity index (χ0) is 38.8. The van der Waals surface area contributed by atoms with Crippen LogP contribution in [-0.2, 0) is 19.1 Å². The Balaban J connectivity index is 1.49. The van der Waals surface area contributed by atoms with E-state index < -0.39 is 90.6 Å². The minimum Gasteiger partial charge on any atom is -0.507 e. The second-order valence-electron chi connectivity index (χ2n) is 14.0. The summed E-state index contributed by atoms with van der Waals surface area (Å²) in [7, 11) is 0. The molecule has 1 unspecified atom stereocenters. The standard InChI is InChI=1S/C33H48F3N5O11/c1-17-11-21(12-18(2)25(17)45)28(47)37-14-23(44)26(46)27-24(39-20(4)42)22(43)13-32(52-27,29(48)49)6-8-41-9-10-51-16-31(41)5-7-40(15-31)30(50)38-19(3)33(34,35)36/h11-12,19,22-24,26-27,43-46H,5-10,13-16H2,1-4H3,(H,37,47)(H,38,50)(H,39,42)(H,48,49)/t19?,22-,23+,24+,26+,27+,31-,32+/m0/s1. The Morgan fingerprint density at radius 2 is 1.77 bits per heavy atom. The third-order valence-corrected chi connectivity index (χ3v) is 10.2. The van der Waals surface area contributed by atoms with E-state index in [0.29, 0.717) is 17.5 Å². The molecule has 8 N–H and O–H groups in total. The first-order chi connectivity index (χ1) is 24.2. The number of morpholine rings is 1. The molecule has 3 fully saturated rings. The van der Waals surface area contributed by atoms with Gasteiger partial charge in [-0.25, -0.2) is 9.59 Å². The van der Waals surface area contributed by atoms with Crippen LogP contribution >= 0.6 is 0 Å². The fourth-order valence-electron chi connectivity index (χ4n) is 7.09. The maximum Gasteiger partial charge on any atom is 0.408 e. The molecule has 3 aliphatic rings. The lowest BCUT2D eigenvalue weighted by atomic mass is 9.81. The zero-order valence-electron chi connectivity index (χ0n) is 29.4. The first kappa shape index (κ1) is 41.0. The molecule has 0 aromatic heterocycles. The number of ether oxygens (including phenoxy) is 2. The van der Waals surface area contributed by atoms with Crippen LogP contribution in [0.1, 0.15) is 54.6 Å². The summed E-state index contributed by atoms with van der Waals surface area (Å²) in [5.41, 5.74) is -1.96. The molecule has 3 heterocycles. The number of phenols is 1. The quantitative estimate of drug-likeness (QED) is 0.147. The molecule has 0 bridgehead atoms. The highest BCUT2D eigenvalue weighted by atomic mass is 19.4. The predicted molar refractivity (Wildman–Crippen MR) is 175 cm³/mol. The van der Waals surface area contributed by atoms with Crippen LogP contribution in [0, 0.1) is 13.8 Å². The Hall–Kier alpha value is -3.75. The molecule has 4 rings (SSSR count). The molecule has 4 amide bonds. The summed E-state index contributed by atoms with van der Waals surface area (Å²) >= 11 is 0. The lowest BCUT2D eigenvalue weighted by molar-refractivity contribution is -0.231. The van der Waals surface area contributed by atoms with Crippen LogP contribution in [0.25, 0.3) is 0 Å². The number of aromatic hydroxyl groups is 1. The average Bonchev–Trinajstić information content (AvgIpc) is 3.49. The lowest BCUT2D eigenvalue weighted by Gasteiger charge is -2.49. The molecule has 1 aromatic carbocycles. The van der Waals surface area contributed by atoms with E-state index in [2.05, 4.69) is 10.6 Å². The molecule has 16 nitrogen and oxygen atoms in total. The Kier molecular flexibility index (Phi) is 12.7. The van der Waals surface area contributed by atoms with Gasteiger partial charge in [0.15, 0.2) is 5.60 Å². The Morgan fingerprint density at radius 1 is 1.12 bits per heavy atom. The number of carbonyl (C=O) groups excluding carboxylic acids is 3. The van der Waals surface area contributed by atoms with Gasteiger partial charge in [0.1, 0.15) is 24.0 Å². The second kappa shape index (κ2) is 16.1. The summed E-state index contributed by atoms with van der Waals surface area (Å²) in [4.78, 5) is 53.6. The molecule has 52 heavy (non-hydrogen) atoms. The number of carbonyl (C=O) groups is 4. The first-order valence-electron chi connectivity index (χ1n) is 17.0. The number of nitrogens with zero attached hydrogens (tertiary/aromatic N) is 2. The maximum absolute atomic E-state index is 13.1. The van der Waals surface area contributed by atoms with Crippen molar-refractivity contribution in [3.05, 3.63) is 28.8 Å². The largest absolute Gasteiger partial charge is 0.507 e. The van der Waals surface area contributed by atoms with Crippen molar-refractivity contribution >= 4 is 23.8 Å². The molecule has 1 aromatic rings. The van der Waals surface area contributed by atoms with E-state index in [-0.39, 0.29) is 57.1 Å². The minimum absolute atomic E-state index is 0.000102. The van der Waals surface area contributed by atoms with Crippen molar-refractivity contribution in [2.75, 3.05) is 45.9 Å². The minimum atomic E-state index is -4.64. The average molecular weight is 748 g/mol. The summed E-state index contributed by atoms with van der Waals surface area (Å²) in [6, 6.07) is -1.48. The van der Waals surface area contributed by atoms with Gasteiger partial charge in [0.05, 0.1) is 37.0 Å². The number of alkyl halides is 3. The van der Waals surface area contributed by atoms with E-state index in [0.717, 1.165) is 13.8 Å². The van der Waals surface area contributed by atoms with Crippen molar-refractivity contribution < 1.29 is 67.4 Å². The molecular formula is C33H48F3N5O11.